The Labute approximate surface area is 130 Å². The number of likely N-dealkylation sites (tertiary alicyclic amines) is 1. The van der Waals surface area contributed by atoms with Crippen LogP contribution in [0.1, 0.15) is 18.5 Å². The van der Waals surface area contributed by atoms with Crippen molar-refractivity contribution in [1.82, 2.24) is 24.2 Å². The highest BCUT2D eigenvalue weighted by molar-refractivity contribution is 4.97. The third kappa shape index (κ3) is 3.82. The summed E-state index contributed by atoms with van der Waals surface area (Å²) in [7, 11) is 0. The molecule has 0 spiro atoms. The highest BCUT2D eigenvalue weighted by Gasteiger charge is 2.20. The molecule has 0 amide bonds. The molecular weight excluding hydrogens is 278 g/mol. The predicted molar refractivity (Wildman–Crippen MR) is 84.6 cm³/mol. The molecule has 3 rings (SSSR count). The Kier molecular flexibility index (Phi) is 4.68. The van der Waals surface area contributed by atoms with Gasteiger partial charge in [0.05, 0.1) is 12.0 Å². The topological polar surface area (TPSA) is 56.0 Å². The summed E-state index contributed by atoms with van der Waals surface area (Å²) in [4.78, 5) is 18.4. The Balaban J connectivity index is 1.47. The van der Waals surface area contributed by atoms with Crippen molar-refractivity contribution in [3.05, 3.63) is 46.9 Å². The van der Waals surface area contributed by atoms with Gasteiger partial charge in [0.2, 0.25) is 0 Å². The molecule has 0 aliphatic carbocycles. The average Bonchev–Trinajstić information content (AvgIpc) is 3.04. The maximum absolute atomic E-state index is 11.8. The number of hydrogen-bond donors (Lipinski definition) is 0. The normalized spacial score (nSPS) is 17.0. The van der Waals surface area contributed by atoms with Crippen LogP contribution in [-0.4, -0.2) is 43.9 Å². The molecule has 22 heavy (non-hydrogen) atoms. The molecular formula is C16H23N5O. The first-order valence-corrected chi connectivity index (χ1v) is 7.93. The molecule has 6 heteroatoms. The Bertz CT molecular complexity index is 641. The van der Waals surface area contributed by atoms with E-state index in [4.69, 9.17) is 0 Å². The smallest absolute Gasteiger partial charge is 0.266 e. The minimum absolute atomic E-state index is 0.00753. The number of nitrogens with zero attached hydrogens (tertiary/aromatic N) is 5. The van der Waals surface area contributed by atoms with Crippen molar-refractivity contribution < 1.29 is 0 Å². The summed E-state index contributed by atoms with van der Waals surface area (Å²) in [6.45, 7) is 6.92. The highest BCUT2D eigenvalue weighted by atomic mass is 16.1. The van der Waals surface area contributed by atoms with Crippen LogP contribution in [0.15, 0.2) is 35.6 Å². The van der Waals surface area contributed by atoms with Crippen LogP contribution in [0.4, 0.5) is 0 Å². The molecule has 0 bridgehead atoms. The standard InChI is InChI=1S/C16H23N5O/c1-14-2-3-16(22)21(18-14)12-15-4-7-19(8-5-15)10-11-20-9-6-17-13-20/h2-3,6,9,13,15H,4-5,7-8,10-12H2,1H3. The monoisotopic (exact) mass is 301 g/mol. The van der Waals surface area contributed by atoms with E-state index in [-0.39, 0.29) is 5.56 Å². The molecule has 118 valence electrons. The van der Waals surface area contributed by atoms with Crippen LogP contribution >= 0.6 is 0 Å². The van der Waals surface area contributed by atoms with E-state index < -0.39 is 0 Å². The van der Waals surface area contributed by atoms with Crippen molar-refractivity contribution in [3.63, 3.8) is 0 Å². The predicted octanol–water partition coefficient (Wildman–Crippen LogP) is 1.16. The molecule has 6 nitrogen and oxygen atoms in total. The molecule has 3 heterocycles. The Morgan fingerprint density at radius 2 is 2.05 bits per heavy atom. The second-order valence-electron chi connectivity index (χ2n) is 6.08. The lowest BCUT2D eigenvalue weighted by Crippen LogP contribution is -2.38. The second kappa shape index (κ2) is 6.87. The lowest BCUT2D eigenvalue weighted by atomic mass is 9.97. The van der Waals surface area contributed by atoms with Crippen molar-refractivity contribution in [2.45, 2.75) is 32.9 Å². The van der Waals surface area contributed by atoms with E-state index in [2.05, 4.69) is 19.5 Å². The zero-order valence-corrected chi connectivity index (χ0v) is 13.1. The molecule has 0 N–H and O–H groups in total. The average molecular weight is 301 g/mol. The van der Waals surface area contributed by atoms with Crippen molar-refractivity contribution in [1.29, 1.82) is 0 Å². The fourth-order valence-electron chi connectivity index (χ4n) is 2.99. The van der Waals surface area contributed by atoms with Gasteiger partial charge in [0.1, 0.15) is 0 Å². The first kappa shape index (κ1) is 15.0. The van der Waals surface area contributed by atoms with E-state index >= 15 is 0 Å². The summed E-state index contributed by atoms with van der Waals surface area (Å²) in [5.41, 5.74) is 0.908. The Morgan fingerprint density at radius 3 is 2.77 bits per heavy atom. The molecule has 1 saturated heterocycles. The Morgan fingerprint density at radius 1 is 1.23 bits per heavy atom. The zero-order valence-electron chi connectivity index (χ0n) is 13.1. The molecule has 0 atom stereocenters. The number of hydrogen-bond acceptors (Lipinski definition) is 4. The minimum atomic E-state index is 0.00753. The van der Waals surface area contributed by atoms with Crippen molar-refractivity contribution >= 4 is 0 Å². The Hall–Kier alpha value is -1.95. The molecule has 1 aliphatic heterocycles. The van der Waals surface area contributed by atoms with Gasteiger partial charge in [-0.15, -0.1) is 0 Å². The van der Waals surface area contributed by atoms with Crippen LogP contribution in [0, 0.1) is 12.8 Å². The molecule has 0 aromatic carbocycles. The summed E-state index contributed by atoms with van der Waals surface area (Å²) >= 11 is 0. The second-order valence-corrected chi connectivity index (χ2v) is 6.08. The van der Waals surface area contributed by atoms with Gasteiger partial charge in [-0.3, -0.25) is 4.79 Å². The van der Waals surface area contributed by atoms with Gasteiger partial charge in [0.25, 0.3) is 5.56 Å². The molecule has 0 unspecified atom stereocenters. The van der Waals surface area contributed by atoms with Crippen LogP contribution in [0.3, 0.4) is 0 Å². The quantitative estimate of drug-likeness (QED) is 0.831. The summed E-state index contributed by atoms with van der Waals surface area (Å²) in [5, 5.41) is 4.34. The molecule has 1 fully saturated rings. The third-order valence-electron chi connectivity index (χ3n) is 4.37. The number of piperidine rings is 1. The van der Waals surface area contributed by atoms with Gasteiger partial charge in [0.15, 0.2) is 0 Å². The minimum Gasteiger partial charge on any atom is -0.336 e. The van der Waals surface area contributed by atoms with Crippen molar-refractivity contribution in [3.8, 4) is 0 Å². The molecule has 2 aromatic rings. The van der Waals surface area contributed by atoms with Crippen LogP contribution in [0.2, 0.25) is 0 Å². The van der Waals surface area contributed by atoms with E-state index in [1.807, 2.05) is 25.6 Å². The largest absolute Gasteiger partial charge is 0.336 e. The molecule has 0 radical (unpaired) electrons. The summed E-state index contributed by atoms with van der Waals surface area (Å²) < 4.78 is 3.74. The van der Waals surface area contributed by atoms with E-state index in [0.29, 0.717) is 5.92 Å². The summed E-state index contributed by atoms with van der Waals surface area (Å²) in [5.74, 6) is 0.552. The van der Waals surface area contributed by atoms with Crippen molar-refractivity contribution in [2.75, 3.05) is 19.6 Å². The van der Waals surface area contributed by atoms with Gasteiger partial charge in [-0.1, -0.05) is 0 Å². The first-order valence-electron chi connectivity index (χ1n) is 7.93. The van der Waals surface area contributed by atoms with E-state index in [9.17, 15) is 4.79 Å². The van der Waals surface area contributed by atoms with Gasteiger partial charge >= 0.3 is 0 Å². The maximum atomic E-state index is 11.8. The number of aromatic nitrogens is 4. The van der Waals surface area contributed by atoms with Crippen LogP contribution < -0.4 is 5.56 Å². The lowest BCUT2D eigenvalue weighted by Gasteiger charge is -2.31. The van der Waals surface area contributed by atoms with Gasteiger partial charge < -0.3 is 9.47 Å². The molecule has 1 aliphatic rings. The number of imidazole rings is 1. The number of aryl methyl sites for hydroxylation is 1. The number of rotatable bonds is 5. The van der Waals surface area contributed by atoms with Crippen LogP contribution in [-0.2, 0) is 13.1 Å². The van der Waals surface area contributed by atoms with Gasteiger partial charge in [-0.25, -0.2) is 9.67 Å². The lowest BCUT2D eigenvalue weighted by molar-refractivity contribution is 0.165. The maximum Gasteiger partial charge on any atom is 0.266 e. The SMILES string of the molecule is Cc1ccc(=O)n(CC2CCN(CCn3ccnc3)CC2)n1. The van der Waals surface area contributed by atoms with Gasteiger partial charge in [-0.05, 0) is 44.8 Å². The zero-order chi connectivity index (χ0) is 15.4. The third-order valence-corrected chi connectivity index (χ3v) is 4.37. The molecule has 0 saturated carbocycles. The fourth-order valence-corrected chi connectivity index (χ4v) is 2.99. The van der Waals surface area contributed by atoms with E-state index in [0.717, 1.165) is 51.3 Å². The van der Waals surface area contributed by atoms with Crippen LogP contribution in [0.5, 0.6) is 0 Å². The van der Waals surface area contributed by atoms with Crippen LogP contribution in [0.25, 0.3) is 0 Å². The summed E-state index contributed by atoms with van der Waals surface area (Å²) in [6, 6.07) is 3.39. The van der Waals surface area contributed by atoms with Gasteiger partial charge in [0, 0.05) is 38.1 Å². The van der Waals surface area contributed by atoms with E-state index in [1.54, 1.807) is 16.8 Å². The van der Waals surface area contributed by atoms with Gasteiger partial charge in [-0.2, -0.15) is 5.10 Å². The fraction of sp³-hybridized carbons (Fsp3) is 0.562. The molecule has 2 aromatic heterocycles. The summed E-state index contributed by atoms with van der Waals surface area (Å²) in [6.07, 6.45) is 7.95. The highest BCUT2D eigenvalue weighted by Crippen LogP contribution is 2.18. The first-order chi connectivity index (χ1) is 10.7. The van der Waals surface area contributed by atoms with Crippen molar-refractivity contribution in [2.24, 2.45) is 5.92 Å². The van der Waals surface area contributed by atoms with E-state index in [1.165, 1.54) is 0 Å².